The van der Waals surface area contributed by atoms with Crippen molar-refractivity contribution in [3.05, 3.63) is 42.2 Å². The number of ether oxygens (including phenoxy) is 1. The Morgan fingerprint density at radius 1 is 1.08 bits per heavy atom. The van der Waals surface area contributed by atoms with Gasteiger partial charge < -0.3 is 4.74 Å². The number of halogens is 3. The second-order valence-electron chi connectivity index (χ2n) is 5.09. The van der Waals surface area contributed by atoms with E-state index < -0.39 is 11.7 Å². The quantitative estimate of drug-likeness (QED) is 0.724. The predicted octanol–water partition coefficient (Wildman–Crippen LogP) is 2.73. The fourth-order valence-corrected chi connectivity index (χ4v) is 2.06. The molecule has 130 valence electrons. The van der Waals surface area contributed by atoms with Gasteiger partial charge in [-0.1, -0.05) is 0 Å². The monoisotopic (exact) mass is 350 g/mol. The van der Waals surface area contributed by atoms with Gasteiger partial charge in [-0.2, -0.15) is 18.3 Å². The van der Waals surface area contributed by atoms with Gasteiger partial charge in [0.1, 0.15) is 18.4 Å². The number of aryl methyl sites for hydroxylation is 1. The Morgan fingerprint density at radius 2 is 1.88 bits per heavy atom. The number of methoxy groups -OCH3 is 1. The van der Waals surface area contributed by atoms with Crippen LogP contribution in [-0.2, 0) is 13.2 Å². The van der Waals surface area contributed by atoms with E-state index in [0.29, 0.717) is 5.82 Å². The highest BCUT2D eigenvalue weighted by molar-refractivity contribution is 5.60. The summed E-state index contributed by atoms with van der Waals surface area (Å²) in [5, 5.41) is 8.20. The second kappa shape index (κ2) is 6.38. The molecule has 0 fully saturated rings. The van der Waals surface area contributed by atoms with Crippen molar-refractivity contribution in [3.63, 3.8) is 0 Å². The van der Waals surface area contributed by atoms with Crippen LogP contribution in [0, 0.1) is 0 Å². The van der Waals surface area contributed by atoms with Crippen LogP contribution < -0.4 is 4.74 Å². The van der Waals surface area contributed by atoms with Crippen molar-refractivity contribution in [3.8, 4) is 17.1 Å². The average molecular weight is 350 g/mol. The van der Waals surface area contributed by atoms with Crippen LogP contribution in [0.25, 0.3) is 23.7 Å². The number of alkyl halides is 3. The molecule has 0 bridgehead atoms. The third-order valence-electron chi connectivity index (χ3n) is 3.23. The molecule has 0 aliphatic carbocycles. The molecular formula is C15H13F3N6O. The molecule has 0 unspecified atom stereocenters. The molecule has 0 aliphatic heterocycles. The largest absolute Gasteiger partial charge is 0.497 e. The first-order valence-electron chi connectivity index (χ1n) is 7.07. The van der Waals surface area contributed by atoms with Crippen LogP contribution in [0.15, 0.2) is 30.9 Å². The number of hydrogen-bond acceptors (Lipinski definition) is 5. The van der Waals surface area contributed by atoms with Gasteiger partial charge in [-0.05, 0) is 18.2 Å². The Bertz CT molecular complexity index is 912. The van der Waals surface area contributed by atoms with Gasteiger partial charge in [0, 0.05) is 24.9 Å². The summed E-state index contributed by atoms with van der Waals surface area (Å²) in [5.74, 6) is 0.692. The second-order valence-corrected chi connectivity index (χ2v) is 5.09. The molecule has 3 aromatic rings. The third kappa shape index (κ3) is 3.84. The maximum absolute atomic E-state index is 13.0. The molecule has 0 saturated heterocycles. The first-order valence-corrected chi connectivity index (χ1v) is 7.07. The van der Waals surface area contributed by atoms with Crippen LogP contribution in [0.2, 0.25) is 0 Å². The lowest BCUT2D eigenvalue weighted by Crippen LogP contribution is -2.05. The minimum Gasteiger partial charge on any atom is -0.497 e. The summed E-state index contributed by atoms with van der Waals surface area (Å²) in [6, 6.07) is 3.35. The van der Waals surface area contributed by atoms with Gasteiger partial charge in [0.05, 0.1) is 12.7 Å². The Hall–Kier alpha value is -3.17. The summed E-state index contributed by atoms with van der Waals surface area (Å²) >= 11 is 0. The zero-order chi connectivity index (χ0) is 18.0. The van der Waals surface area contributed by atoms with Crippen LogP contribution in [0.4, 0.5) is 13.2 Å². The standard InChI is InChI=1S/C15H13F3N6O/c1-23-8-19-13(21-23)3-4-24-9-20-14(22-24)10-5-11(15(16,17)18)7-12(6-10)25-2/h3-9H,1-2H3/b4-3-. The van der Waals surface area contributed by atoms with E-state index in [-0.39, 0.29) is 17.1 Å². The topological polar surface area (TPSA) is 70.7 Å². The Kier molecular flexibility index (Phi) is 4.26. The molecule has 0 aliphatic rings. The molecule has 7 nitrogen and oxygen atoms in total. The molecule has 1 aromatic carbocycles. The molecule has 2 heterocycles. The Morgan fingerprint density at radius 3 is 2.52 bits per heavy atom. The van der Waals surface area contributed by atoms with E-state index in [4.69, 9.17) is 4.74 Å². The van der Waals surface area contributed by atoms with Gasteiger partial charge in [0.25, 0.3) is 0 Å². The van der Waals surface area contributed by atoms with Crippen molar-refractivity contribution in [1.29, 1.82) is 0 Å². The smallest absolute Gasteiger partial charge is 0.416 e. The fourth-order valence-electron chi connectivity index (χ4n) is 2.06. The van der Waals surface area contributed by atoms with Crippen LogP contribution in [0.3, 0.4) is 0 Å². The summed E-state index contributed by atoms with van der Waals surface area (Å²) < 4.78 is 46.8. The highest BCUT2D eigenvalue weighted by Gasteiger charge is 2.31. The van der Waals surface area contributed by atoms with E-state index in [2.05, 4.69) is 20.2 Å². The Labute approximate surface area is 140 Å². The van der Waals surface area contributed by atoms with E-state index in [9.17, 15) is 13.2 Å². The summed E-state index contributed by atoms with van der Waals surface area (Å²) in [6.45, 7) is 0. The normalized spacial score (nSPS) is 12.0. The van der Waals surface area contributed by atoms with E-state index in [1.54, 1.807) is 30.3 Å². The highest BCUT2D eigenvalue weighted by Crippen LogP contribution is 2.34. The lowest BCUT2D eigenvalue weighted by Gasteiger charge is -2.10. The van der Waals surface area contributed by atoms with Crippen molar-refractivity contribution >= 4 is 12.3 Å². The van der Waals surface area contributed by atoms with Crippen molar-refractivity contribution in [1.82, 2.24) is 29.5 Å². The van der Waals surface area contributed by atoms with Gasteiger partial charge in [0.2, 0.25) is 0 Å². The third-order valence-corrected chi connectivity index (χ3v) is 3.23. The number of rotatable bonds is 4. The van der Waals surface area contributed by atoms with Gasteiger partial charge in [-0.3, -0.25) is 4.68 Å². The summed E-state index contributed by atoms with van der Waals surface area (Å²) in [6.07, 6.45) is 1.58. The van der Waals surface area contributed by atoms with E-state index >= 15 is 0 Å². The lowest BCUT2D eigenvalue weighted by molar-refractivity contribution is -0.137. The average Bonchev–Trinajstić information content (AvgIpc) is 3.20. The molecule has 10 heteroatoms. The predicted molar refractivity (Wildman–Crippen MR) is 83.2 cm³/mol. The van der Waals surface area contributed by atoms with E-state index in [1.165, 1.54) is 24.2 Å². The van der Waals surface area contributed by atoms with E-state index in [0.717, 1.165) is 12.1 Å². The highest BCUT2D eigenvalue weighted by atomic mass is 19.4. The summed E-state index contributed by atoms with van der Waals surface area (Å²) in [7, 11) is 3.03. The molecule has 0 radical (unpaired) electrons. The number of nitrogens with zero attached hydrogens (tertiary/aromatic N) is 6. The van der Waals surface area contributed by atoms with Crippen molar-refractivity contribution in [2.75, 3.05) is 7.11 Å². The lowest BCUT2D eigenvalue weighted by atomic mass is 10.1. The van der Waals surface area contributed by atoms with Gasteiger partial charge >= 0.3 is 6.18 Å². The molecule has 0 saturated carbocycles. The molecule has 0 atom stereocenters. The van der Waals surface area contributed by atoms with Gasteiger partial charge in [-0.25, -0.2) is 14.6 Å². The van der Waals surface area contributed by atoms with Crippen LogP contribution >= 0.6 is 0 Å². The molecule has 0 spiro atoms. The van der Waals surface area contributed by atoms with Crippen LogP contribution in [0.1, 0.15) is 11.4 Å². The first-order chi connectivity index (χ1) is 11.8. The van der Waals surface area contributed by atoms with Crippen molar-refractivity contribution < 1.29 is 17.9 Å². The molecular weight excluding hydrogens is 337 g/mol. The maximum Gasteiger partial charge on any atom is 0.416 e. The number of benzene rings is 1. The SMILES string of the molecule is COc1cc(-c2ncn(/C=C\c3ncn(C)n3)n2)cc(C(F)(F)F)c1. The van der Waals surface area contributed by atoms with Gasteiger partial charge in [0.15, 0.2) is 11.6 Å². The minimum absolute atomic E-state index is 0.0782. The summed E-state index contributed by atoms with van der Waals surface area (Å²) in [5.41, 5.74) is -0.624. The zero-order valence-electron chi connectivity index (χ0n) is 13.3. The zero-order valence-corrected chi connectivity index (χ0v) is 13.3. The minimum atomic E-state index is -4.49. The number of hydrogen-bond donors (Lipinski definition) is 0. The molecule has 3 rings (SSSR count). The van der Waals surface area contributed by atoms with Gasteiger partial charge in [-0.15, -0.1) is 5.10 Å². The van der Waals surface area contributed by atoms with E-state index in [1.807, 2.05) is 0 Å². The molecule has 25 heavy (non-hydrogen) atoms. The number of aromatic nitrogens is 6. The van der Waals surface area contributed by atoms with Crippen LogP contribution in [0.5, 0.6) is 5.75 Å². The maximum atomic E-state index is 13.0. The van der Waals surface area contributed by atoms with Crippen molar-refractivity contribution in [2.24, 2.45) is 7.05 Å². The van der Waals surface area contributed by atoms with Crippen molar-refractivity contribution in [2.45, 2.75) is 6.18 Å². The summed E-state index contributed by atoms with van der Waals surface area (Å²) in [4.78, 5) is 8.05. The molecule has 0 amide bonds. The first kappa shape index (κ1) is 16.7. The Balaban J connectivity index is 1.90. The molecule has 2 aromatic heterocycles. The molecule has 0 N–H and O–H groups in total. The van der Waals surface area contributed by atoms with Crippen LogP contribution in [-0.4, -0.2) is 36.6 Å². The fraction of sp³-hybridized carbons (Fsp3) is 0.200.